The van der Waals surface area contributed by atoms with E-state index >= 15 is 0 Å². The minimum Gasteiger partial charge on any atom is -0.393 e. The molecule has 0 bridgehead atoms. The summed E-state index contributed by atoms with van der Waals surface area (Å²) < 4.78 is 5.17. The Labute approximate surface area is 122 Å². The van der Waals surface area contributed by atoms with Crippen LogP contribution in [0.1, 0.15) is 37.3 Å². The molecule has 6 nitrogen and oxygen atoms in total. The second-order valence-corrected chi connectivity index (χ2v) is 5.13. The quantitative estimate of drug-likeness (QED) is 0.725. The van der Waals surface area contributed by atoms with Crippen molar-refractivity contribution in [3.8, 4) is 0 Å². The van der Waals surface area contributed by atoms with Crippen molar-refractivity contribution in [1.29, 1.82) is 0 Å². The van der Waals surface area contributed by atoms with Crippen LogP contribution in [0.3, 0.4) is 0 Å². The van der Waals surface area contributed by atoms with E-state index in [9.17, 15) is 5.11 Å². The van der Waals surface area contributed by atoms with E-state index in [1.807, 2.05) is 31.2 Å². The first-order chi connectivity index (χ1) is 10.2. The lowest BCUT2D eigenvalue weighted by Crippen LogP contribution is -2.09. The Hall–Kier alpha value is -2.21. The molecular weight excluding hydrogens is 268 g/mol. The van der Waals surface area contributed by atoms with Crippen LogP contribution in [0.2, 0.25) is 0 Å². The molecule has 0 saturated carbocycles. The maximum Gasteiger partial charge on any atom is 0.229 e. The second-order valence-electron chi connectivity index (χ2n) is 5.13. The summed E-state index contributed by atoms with van der Waals surface area (Å²) in [6.07, 6.45) is 2.14. The number of aliphatic hydroxyl groups is 1. The number of nitrogens with zero attached hydrogens (tertiary/aromatic N) is 3. The van der Waals surface area contributed by atoms with Crippen LogP contribution in [0.4, 0.5) is 0 Å². The number of aromatic amines is 1. The van der Waals surface area contributed by atoms with Crippen molar-refractivity contribution >= 4 is 11.0 Å². The van der Waals surface area contributed by atoms with Gasteiger partial charge in [0.1, 0.15) is 5.82 Å². The first-order valence-electron chi connectivity index (χ1n) is 7.17. The fraction of sp³-hybridized carbons (Fsp3) is 0.400. The van der Waals surface area contributed by atoms with E-state index in [-0.39, 0.29) is 0 Å². The third-order valence-corrected chi connectivity index (χ3v) is 3.31. The van der Waals surface area contributed by atoms with E-state index in [0.29, 0.717) is 24.6 Å². The van der Waals surface area contributed by atoms with Crippen LogP contribution in [-0.4, -0.2) is 31.3 Å². The van der Waals surface area contributed by atoms with E-state index in [1.165, 1.54) is 0 Å². The van der Waals surface area contributed by atoms with Gasteiger partial charge in [-0.05, 0) is 18.6 Å². The summed E-state index contributed by atoms with van der Waals surface area (Å²) in [5, 5.41) is 13.7. The highest BCUT2D eigenvalue weighted by Crippen LogP contribution is 2.13. The van der Waals surface area contributed by atoms with Crippen LogP contribution in [0.5, 0.6) is 0 Å². The molecule has 6 heteroatoms. The third-order valence-electron chi connectivity index (χ3n) is 3.31. The molecule has 0 amide bonds. The molecule has 1 aromatic carbocycles. The number of hydrogen-bond acceptors (Lipinski definition) is 5. The van der Waals surface area contributed by atoms with Crippen molar-refractivity contribution in [2.45, 2.75) is 38.7 Å². The highest BCUT2D eigenvalue weighted by atomic mass is 16.5. The van der Waals surface area contributed by atoms with Crippen LogP contribution in [0.25, 0.3) is 11.0 Å². The molecule has 21 heavy (non-hydrogen) atoms. The average Bonchev–Trinajstić information content (AvgIpc) is 3.05. The normalized spacial score (nSPS) is 12.9. The molecular formula is C15H18N4O2. The summed E-state index contributed by atoms with van der Waals surface area (Å²) in [5.41, 5.74) is 1.92. The van der Waals surface area contributed by atoms with Crippen LogP contribution >= 0.6 is 0 Å². The molecule has 0 spiro atoms. The van der Waals surface area contributed by atoms with Crippen LogP contribution in [0, 0.1) is 0 Å². The Bertz CT molecular complexity index is 686. The predicted octanol–water partition coefficient (Wildman–Crippen LogP) is 2.24. The fourth-order valence-corrected chi connectivity index (χ4v) is 2.32. The number of para-hydroxylation sites is 2. The van der Waals surface area contributed by atoms with Gasteiger partial charge in [0, 0.05) is 0 Å². The number of aliphatic hydroxyl groups excluding tert-OH is 1. The van der Waals surface area contributed by atoms with Gasteiger partial charge in [0.25, 0.3) is 0 Å². The van der Waals surface area contributed by atoms with Gasteiger partial charge in [-0.1, -0.05) is 30.6 Å². The molecule has 0 saturated heterocycles. The fourth-order valence-electron chi connectivity index (χ4n) is 2.32. The Morgan fingerprint density at radius 3 is 2.95 bits per heavy atom. The predicted molar refractivity (Wildman–Crippen MR) is 77.8 cm³/mol. The number of imidazole rings is 1. The first-order valence-corrected chi connectivity index (χ1v) is 7.17. The van der Waals surface area contributed by atoms with Gasteiger partial charge in [-0.2, -0.15) is 4.98 Å². The molecule has 1 unspecified atom stereocenters. The lowest BCUT2D eigenvalue weighted by atomic mass is 10.1. The van der Waals surface area contributed by atoms with Crippen molar-refractivity contribution in [3.05, 3.63) is 41.8 Å². The standard InChI is InChI=1S/C15H18N4O2/c1-2-5-10(20)8-15-18-14(19-21-15)9-13-16-11-6-3-4-7-12(11)17-13/h3-4,6-7,10,20H,2,5,8-9H2,1H3,(H,16,17). The summed E-state index contributed by atoms with van der Waals surface area (Å²) in [6, 6.07) is 7.85. The number of aromatic nitrogens is 4. The Morgan fingerprint density at radius 2 is 2.14 bits per heavy atom. The Morgan fingerprint density at radius 1 is 1.29 bits per heavy atom. The van der Waals surface area contributed by atoms with Gasteiger partial charge in [0.15, 0.2) is 5.82 Å². The molecule has 0 aliphatic rings. The van der Waals surface area contributed by atoms with Gasteiger partial charge in [0.05, 0.1) is 30.0 Å². The summed E-state index contributed by atoms with van der Waals surface area (Å²) >= 11 is 0. The van der Waals surface area contributed by atoms with E-state index in [1.54, 1.807) is 0 Å². The average molecular weight is 286 g/mol. The first kappa shape index (κ1) is 13.8. The molecule has 3 aromatic rings. The molecule has 0 aliphatic carbocycles. The number of hydrogen-bond donors (Lipinski definition) is 2. The highest BCUT2D eigenvalue weighted by molar-refractivity contribution is 5.74. The monoisotopic (exact) mass is 286 g/mol. The summed E-state index contributed by atoms with van der Waals surface area (Å²) in [6.45, 7) is 2.03. The zero-order chi connectivity index (χ0) is 14.7. The van der Waals surface area contributed by atoms with E-state index in [4.69, 9.17) is 4.52 Å². The summed E-state index contributed by atoms with van der Waals surface area (Å²) in [7, 11) is 0. The molecule has 0 fully saturated rings. The topological polar surface area (TPSA) is 87.8 Å². The van der Waals surface area contributed by atoms with Gasteiger partial charge in [0.2, 0.25) is 5.89 Å². The largest absolute Gasteiger partial charge is 0.393 e. The molecule has 3 rings (SSSR count). The highest BCUT2D eigenvalue weighted by Gasteiger charge is 2.13. The molecule has 2 heterocycles. The number of fused-ring (bicyclic) bond motifs is 1. The number of nitrogens with one attached hydrogen (secondary N) is 1. The SMILES string of the molecule is CCCC(O)Cc1nc(Cc2nc3ccccc3[nH]2)no1. The van der Waals surface area contributed by atoms with Gasteiger partial charge in [-0.15, -0.1) is 0 Å². The van der Waals surface area contributed by atoms with Crippen LogP contribution in [-0.2, 0) is 12.8 Å². The smallest absolute Gasteiger partial charge is 0.229 e. The van der Waals surface area contributed by atoms with Gasteiger partial charge in [-0.25, -0.2) is 4.98 Å². The minimum absolute atomic E-state index is 0.404. The molecule has 0 radical (unpaired) electrons. The maximum absolute atomic E-state index is 9.75. The van der Waals surface area contributed by atoms with Crippen LogP contribution in [0.15, 0.2) is 28.8 Å². The lowest BCUT2D eigenvalue weighted by molar-refractivity contribution is 0.151. The molecule has 2 N–H and O–H groups in total. The summed E-state index contributed by atoms with van der Waals surface area (Å²) in [4.78, 5) is 12.0. The van der Waals surface area contributed by atoms with E-state index in [0.717, 1.165) is 29.7 Å². The van der Waals surface area contributed by atoms with Crippen molar-refractivity contribution in [2.75, 3.05) is 0 Å². The van der Waals surface area contributed by atoms with Crippen LogP contribution < -0.4 is 0 Å². The summed E-state index contributed by atoms with van der Waals surface area (Å²) in [5.74, 6) is 1.85. The van der Waals surface area contributed by atoms with Gasteiger partial charge >= 0.3 is 0 Å². The molecule has 110 valence electrons. The molecule has 1 atom stereocenters. The van der Waals surface area contributed by atoms with Crippen molar-refractivity contribution in [2.24, 2.45) is 0 Å². The zero-order valence-electron chi connectivity index (χ0n) is 11.9. The second kappa shape index (κ2) is 6.05. The van der Waals surface area contributed by atoms with Crippen molar-refractivity contribution in [3.63, 3.8) is 0 Å². The van der Waals surface area contributed by atoms with Crippen molar-refractivity contribution in [1.82, 2.24) is 20.1 Å². The molecule has 0 aliphatic heterocycles. The van der Waals surface area contributed by atoms with E-state index < -0.39 is 6.10 Å². The minimum atomic E-state index is -0.422. The Kier molecular flexibility index (Phi) is 3.96. The third kappa shape index (κ3) is 3.28. The van der Waals surface area contributed by atoms with Crippen molar-refractivity contribution < 1.29 is 9.63 Å². The maximum atomic E-state index is 9.75. The van der Waals surface area contributed by atoms with E-state index in [2.05, 4.69) is 20.1 Å². The lowest BCUT2D eigenvalue weighted by Gasteiger charge is -2.03. The van der Waals surface area contributed by atoms with Gasteiger partial charge in [-0.3, -0.25) is 0 Å². The number of rotatable bonds is 6. The number of H-pyrrole nitrogens is 1. The molecule has 2 aromatic heterocycles. The zero-order valence-corrected chi connectivity index (χ0v) is 11.9. The Balaban J connectivity index is 1.69. The number of benzene rings is 1. The van der Waals surface area contributed by atoms with Gasteiger partial charge < -0.3 is 14.6 Å².